The molecule has 1 saturated heterocycles. The quantitative estimate of drug-likeness (QED) is 0.682. The van der Waals surface area contributed by atoms with E-state index in [1.54, 1.807) is 6.20 Å². The van der Waals surface area contributed by atoms with Gasteiger partial charge in [-0.05, 0) is 44.5 Å². The van der Waals surface area contributed by atoms with E-state index in [-0.39, 0.29) is 0 Å². The van der Waals surface area contributed by atoms with Crippen molar-refractivity contribution in [2.24, 2.45) is 0 Å². The number of ether oxygens (including phenoxy) is 1. The highest BCUT2D eigenvalue weighted by Gasteiger charge is 2.10. The molecule has 2 heterocycles. The molecule has 3 rings (SSSR count). The van der Waals surface area contributed by atoms with Gasteiger partial charge >= 0.3 is 0 Å². The van der Waals surface area contributed by atoms with Crippen molar-refractivity contribution < 1.29 is 4.74 Å². The average molecular weight is 386 g/mol. The standard InChI is InChI=1S/C20H31N7O/c1-4-27(5-2)17-6-7-18(16(3)14-17)23-20-24-19(15-22-25-20)21-8-9-26-10-12-28-13-11-26/h6-7,14-15H,4-5,8-13H2,1-3H3,(H2,21,23,24,25). The molecule has 0 unspecified atom stereocenters. The van der Waals surface area contributed by atoms with Crippen LogP contribution in [-0.4, -0.2) is 72.6 Å². The van der Waals surface area contributed by atoms with E-state index in [0.717, 1.165) is 69.6 Å². The van der Waals surface area contributed by atoms with Crippen molar-refractivity contribution in [2.75, 3.05) is 68.0 Å². The van der Waals surface area contributed by atoms with Gasteiger partial charge in [0.2, 0.25) is 5.95 Å². The number of nitrogens with one attached hydrogen (secondary N) is 2. The normalized spacial score (nSPS) is 14.7. The maximum absolute atomic E-state index is 5.38. The first kappa shape index (κ1) is 20.3. The van der Waals surface area contributed by atoms with E-state index in [1.807, 2.05) is 0 Å². The van der Waals surface area contributed by atoms with Crippen molar-refractivity contribution in [1.29, 1.82) is 0 Å². The van der Waals surface area contributed by atoms with Crippen molar-refractivity contribution in [2.45, 2.75) is 20.8 Å². The fourth-order valence-corrected chi connectivity index (χ4v) is 3.30. The summed E-state index contributed by atoms with van der Waals surface area (Å²) in [5.74, 6) is 1.22. The maximum atomic E-state index is 5.38. The number of aromatic nitrogens is 3. The Kier molecular flexibility index (Phi) is 7.39. The zero-order valence-electron chi connectivity index (χ0n) is 17.1. The lowest BCUT2D eigenvalue weighted by molar-refractivity contribution is 0.0398. The minimum atomic E-state index is 0.495. The Hall–Kier alpha value is -2.45. The highest BCUT2D eigenvalue weighted by Crippen LogP contribution is 2.24. The fourth-order valence-electron chi connectivity index (χ4n) is 3.30. The van der Waals surface area contributed by atoms with Crippen LogP contribution in [0, 0.1) is 6.92 Å². The molecule has 1 fully saturated rings. The first-order chi connectivity index (χ1) is 13.7. The van der Waals surface area contributed by atoms with Crippen LogP contribution in [0.1, 0.15) is 19.4 Å². The summed E-state index contributed by atoms with van der Waals surface area (Å²) in [6.45, 7) is 13.8. The second kappa shape index (κ2) is 10.2. The number of hydrogen-bond acceptors (Lipinski definition) is 8. The minimum absolute atomic E-state index is 0.495. The number of benzene rings is 1. The predicted molar refractivity (Wildman–Crippen MR) is 114 cm³/mol. The Balaban J connectivity index is 1.58. The molecule has 1 aromatic carbocycles. The number of nitrogens with zero attached hydrogens (tertiary/aromatic N) is 5. The van der Waals surface area contributed by atoms with Gasteiger partial charge in [-0.15, -0.1) is 5.10 Å². The lowest BCUT2D eigenvalue weighted by Gasteiger charge is -2.26. The third kappa shape index (κ3) is 5.53. The zero-order valence-corrected chi connectivity index (χ0v) is 17.1. The van der Waals surface area contributed by atoms with Crippen molar-refractivity contribution in [3.63, 3.8) is 0 Å². The van der Waals surface area contributed by atoms with Crippen LogP contribution in [-0.2, 0) is 4.74 Å². The van der Waals surface area contributed by atoms with E-state index < -0.39 is 0 Å². The third-order valence-corrected chi connectivity index (χ3v) is 4.98. The van der Waals surface area contributed by atoms with Crippen molar-refractivity contribution in [1.82, 2.24) is 20.1 Å². The highest BCUT2D eigenvalue weighted by atomic mass is 16.5. The third-order valence-electron chi connectivity index (χ3n) is 4.98. The SMILES string of the molecule is CCN(CC)c1ccc(Nc2nncc(NCCN3CCOCC3)n2)c(C)c1. The lowest BCUT2D eigenvalue weighted by Crippen LogP contribution is -2.39. The Morgan fingerprint density at radius 3 is 2.68 bits per heavy atom. The molecule has 0 aliphatic carbocycles. The summed E-state index contributed by atoms with van der Waals surface area (Å²) in [7, 11) is 0. The van der Waals surface area contributed by atoms with E-state index in [0.29, 0.717) is 5.95 Å². The first-order valence-corrected chi connectivity index (χ1v) is 10.1. The molecule has 2 N–H and O–H groups in total. The van der Waals surface area contributed by atoms with Crippen LogP contribution in [0.4, 0.5) is 23.1 Å². The van der Waals surface area contributed by atoms with Gasteiger partial charge in [-0.3, -0.25) is 4.90 Å². The van der Waals surface area contributed by atoms with Gasteiger partial charge in [0, 0.05) is 50.6 Å². The first-order valence-electron chi connectivity index (χ1n) is 10.1. The van der Waals surface area contributed by atoms with Gasteiger partial charge in [0.15, 0.2) is 5.82 Å². The van der Waals surface area contributed by atoms with E-state index >= 15 is 0 Å². The molecule has 1 aliphatic heterocycles. The van der Waals surface area contributed by atoms with Gasteiger partial charge in [-0.1, -0.05) is 0 Å². The number of aryl methyl sites for hydroxylation is 1. The summed E-state index contributed by atoms with van der Waals surface area (Å²) < 4.78 is 5.38. The highest BCUT2D eigenvalue weighted by molar-refractivity contribution is 5.64. The monoisotopic (exact) mass is 385 g/mol. The van der Waals surface area contributed by atoms with Gasteiger partial charge in [-0.2, -0.15) is 10.1 Å². The molecule has 8 nitrogen and oxygen atoms in total. The van der Waals surface area contributed by atoms with Crippen molar-refractivity contribution >= 4 is 23.1 Å². The van der Waals surface area contributed by atoms with E-state index in [2.05, 4.69) is 74.6 Å². The van der Waals surface area contributed by atoms with Crippen LogP contribution in [0.5, 0.6) is 0 Å². The van der Waals surface area contributed by atoms with Gasteiger partial charge < -0.3 is 20.3 Å². The molecule has 0 spiro atoms. The summed E-state index contributed by atoms with van der Waals surface area (Å²) in [5.41, 5.74) is 3.37. The molecule has 0 amide bonds. The maximum Gasteiger partial charge on any atom is 0.249 e. The van der Waals surface area contributed by atoms with Crippen LogP contribution in [0.25, 0.3) is 0 Å². The molecule has 0 atom stereocenters. The molecule has 152 valence electrons. The van der Waals surface area contributed by atoms with E-state index in [1.165, 1.54) is 5.69 Å². The molecule has 1 aliphatic rings. The molecule has 8 heteroatoms. The van der Waals surface area contributed by atoms with Crippen molar-refractivity contribution in [3.8, 4) is 0 Å². The van der Waals surface area contributed by atoms with E-state index in [9.17, 15) is 0 Å². The summed E-state index contributed by atoms with van der Waals surface area (Å²) in [4.78, 5) is 9.24. The Morgan fingerprint density at radius 2 is 1.96 bits per heavy atom. The van der Waals surface area contributed by atoms with Gasteiger partial charge in [-0.25, -0.2) is 0 Å². The topological polar surface area (TPSA) is 78.4 Å². The number of rotatable bonds is 9. The molecule has 28 heavy (non-hydrogen) atoms. The Bertz CT molecular complexity index is 745. The smallest absolute Gasteiger partial charge is 0.249 e. The zero-order chi connectivity index (χ0) is 19.8. The van der Waals surface area contributed by atoms with Crippen molar-refractivity contribution in [3.05, 3.63) is 30.0 Å². The van der Waals surface area contributed by atoms with Gasteiger partial charge in [0.1, 0.15) is 0 Å². The Labute approximate surface area is 167 Å². The summed E-state index contributed by atoms with van der Waals surface area (Å²) in [6, 6.07) is 6.39. The average Bonchev–Trinajstić information content (AvgIpc) is 2.72. The van der Waals surface area contributed by atoms with Gasteiger partial charge in [0.05, 0.1) is 19.4 Å². The molecule has 1 aromatic heterocycles. The molecular weight excluding hydrogens is 354 g/mol. The summed E-state index contributed by atoms with van der Waals surface area (Å²) in [6.07, 6.45) is 1.65. The molecule has 0 radical (unpaired) electrons. The van der Waals surface area contributed by atoms with Crippen LogP contribution in [0.3, 0.4) is 0 Å². The fraction of sp³-hybridized carbons (Fsp3) is 0.550. The van der Waals surface area contributed by atoms with E-state index in [4.69, 9.17) is 4.74 Å². The lowest BCUT2D eigenvalue weighted by atomic mass is 10.1. The number of anilines is 4. The molecular formula is C20H31N7O. The van der Waals surface area contributed by atoms with Crippen LogP contribution >= 0.6 is 0 Å². The second-order valence-corrected chi connectivity index (χ2v) is 6.84. The largest absolute Gasteiger partial charge is 0.379 e. The molecule has 2 aromatic rings. The second-order valence-electron chi connectivity index (χ2n) is 6.84. The van der Waals surface area contributed by atoms with Crippen LogP contribution in [0.15, 0.2) is 24.4 Å². The molecule has 0 bridgehead atoms. The number of morpholine rings is 1. The summed E-state index contributed by atoms with van der Waals surface area (Å²) in [5, 5.41) is 14.8. The van der Waals surface area contributed by atoms with Crippen LogP contribution < -0.4 is 15.5 Å². The summed E-state index contributed by atoms with van der Waals surface area (Å²) >= 11 is 0. The van der Waals surface area contributed by atoms with Crippen LogP contribution in [0.2, 0.25) is 0 Å². The number of hydrogen-bond donors (Lipinski definition) is 2. The predicted octanol–water partition coefficient (Wildman–Crippen LogP) is 2.51. The minimum Gasteiger partial charge on any atom is -0.379 e. The molecule has 0 saturated carbocycles. The van der Waals surface area contributed by atoms with Gasteiger partial charge in [0.25, 0.3) is 0 Å². The Morgan fingerprint density at radius 1 is 1.18 bits per heavy atom.